The Morgan fingerprint density at radius 1 is 0.516 bits per heavy atom. The molecule has 4 heteroatoms. The molecular weight excluding hydrogens is 380 g/mol. The summed E-state index contributed by atoms with van der Waals surface area (Å²) >= 11 is 0. The minimum Gasteiger partial charge on any atom is -0.291 e. The van der Waals surface area contributed by atoms with Gasteiger partial charge in [0.05, 0.1) is 22.2 Å². The van der Waals surface area contributed by atoms with Gasteiger partial charge in [0.15, 0.2) is 5.82 Å². The van der Waals surface area contributed by atoms with Crippen molar-refractivity contribution in [3.8, 4) is 22.8 Å². The van der Waals surface area contributed by atoms with Gasteiger partial charge in [0.1, 0.15) is 11.3 Å². The average molecular weight is 396 g/mol. The zero-order valence-corrected chi connectivity index (χ0v) is 16.5. The summed E-state index contributed by atoms with van der Waals surface area (Å²) in [5.41, 5.74) is 6.88. The first-order valence-corrected chi connectivity index (χ1v) is 10.3. The molecule has 0 unspecified atom stereocenters. The molecule has 7 rings (SSSR count). The van der Waals surface area contributed by atoms with E-state index in [1.807, 2.05) is 42.5 Å². The molecular formula is C27H16N4. The van der Waals surface area contributed by atoms with E-state index in [1.165, 1.54) is 10.8 Å². The molecule has 0 saturated heterocycles. The molecule has 0 N–H and O–H groups in total. The van der Waals surface area contributed by atoms with Crippen LogP contribution in [-0.4, -0.2) is 19.4 Å². The molecule has 0 aliphatic heterocycles. The number of rotatable bonds is 2. The van der Waals surface area contributed by atoms with Gasteiger partial charge >= 0.3 is 0 Å². The maximum absolute atomic E-state index is 5.05. The lowest BCUT2D eigenvalue weighted by atomic mass is 10.1. The van der Waals surface area contributed by atoms with Gasteiger partial charge in [-0.15, -0.1) is 0 Å². The highest BCUT2D eigenvalue weighted by atomic mass is 15.1. The number of para-hydroxylation sites is 1. The largest absolute Gasteiger partial charge is 0.291 e. The predicted molar refractivity (Wildman–Crippen MR) is 125 cm³/mol. The van der Waals surface area contributed by atoms with Gasteiger partial charge in [-0.05, 0) is 18.2 Å². The van der Waals surface area contributed by atoms with Crippen molar-refractivity contribution < 1.29 is 0 Å². The molecule has 144 valence electrons. The molecule has 0 aliphatic rings. The normalized spacial score (nSPS) is 11.9. The molecule has 0 atom stereocenters. The first kappa shape index (κ1) is 16.5. The van der Waals surface area contributed by atoms with Crippen molar-refractivity contribution in [3.05, 3.63) is 97.1 Å². The van der Waals surface area contributed by atoms with E-state index < -0.39 is 0 Å². The van der Waals surface area contributed by atoms with Crippen molar-refractivity contribution >= 4 is 38.4 Å². The highest BCUT2D eigenvalue weighted by Crippen LogP contribution is 2.37. The fourth-order valence-electron chi connectivity index (χ4n) is 4.62. The number of pyridine rings is 1. The lowest BCUT2D eigenvalue weighted by Crippen LogP contribution is -1.95. The Morgan fingerprint density at radius 2 is 1.26 bits per heavy atom. The monoisotopic (exact) mass is 396 g/mol. The SMILES string of the molecule is c1ccc(-c2nc(-c3nc4cccc5c6ccccc6c3n45)nc3ccccc23)cc1. The van der Waals surface area contributed by atoms with E-state index in [-0.39, 0.29) is 0 Å². The zero-order valence-electron chi connectivity index (χ0n) is 16.5. The third-order valence-electron chi connectivity index (χ3n) is 5.96. The van der Waals surface area contributed by atoms with Crippen LogP contribution in [0.15, 0.2) is 97.1 Å². The molecule has 0 aliphatic carbocycles. The maximum atomic E-state index is 5.05. The smallest absolute Gasteiger partial charge is 0.181 e. The topological polar surface area (TPSA) is 43.1 Å². The van der Waals surface area contributed by atoms with Crippen LogP contribution < -0.4 is 0 Å². The molecule has 4 aromatic heterocycles. The van der Waals surface area contributed by atoms with Crippen LogP contribution in [0.5, 0.6) is 0 Å². The van der Waals surface area contributed by atoms with Gasteiger partial charge < -0.3 is 0 Å². The Labute approximate surface area is 177 Å². The van der Waals surface area contributed by atoms with Crippen molar-refractivity contribution in [2.75, 3.05) is 0 Å². The maximum Gasteiger partial charge on any atom is 0.181 e. The van der Waals surface area contributed by atoms with Crippen molar-refractivity contribution in [2.45, 2.75) is 0 Å². The van der Waals surface area contributed by atoms with E-state index in [4.69, 9.17) is 15.0 Å². The Morgan fingerprint density at radius 3 is 2.13 bits per heavy atom. The van der Waals surface area contributed by atoms with E-state index in [1.54, 1.807) is 0 Å². The van der Waals surface area contributed by atoms with Crippen LogP contribution in [0.4, 0.5) is 0 Å². The molecule has 4 heterocycles. The van der Waals surface area contributed by atoms with Gasteiger partial charge in [-0.3, -0.25) is 4.40 Å². The van der Waals surface area contributed by atoms with Gasteiger partial charge in [-0.25, -0.2) is 15.0 Å². The first-order chi connectivity index (χ1) is 15.4. The Hall–Kier alpha value is -4.31. The van der Waals surface area contributed by atoms with Crippen molar-refractivity contribution in [2.24, 2.45) is 0 Å². The average Bonchev–Trinajstić information content (AvgIpc) is 3.39. The number of imidazole rings is 1. The fraction of sp³-hybridized carbons (Fsp3) is 0. The molecule has 0 bridgehead atoms. The summed E-state index contributed by atoms with van der Waals surface area (Å²) in [6.45, 7) is 0. The van der Waals surface area contributed by atoms with Gasteiger partial charge in [-0.1, -0.05) is 78.9 Å². The van der Waals surface area contributed by atoms with E-state index >= 15 is 0 Å². The third kappa shape index (κ3) is 2.27. The summed E-state index contributed by atoms with van der Waals surface area (Å²) in [6, 6.07) is 33.2. The van der Waals surface area contributed by atoms with Crippen LogP contribution in [0.1, 0.15) is 0 Å². The van der Waals surface area contributed by atoms with Crippen LogP contribution in [0, 0.1) is 0 Å². The standard InChI is InChI=1S/C27H16N4/c1-2-9-17(10-3-1)24-20-13-6-7-14-21(20)28-27(30-24)25-26-19-12-5-4-11-18(19)22-15-8-16-23(29-25)31(22)26/h1-16H. The molecule has 0 fully saturated rings. The minimum atomic E-state index is 0.652. The Balaban J connectivity index is 1.62. The van der Waals surface area contributed by atoms with Crippen LogP contribution in [0.25, 0.3) is 61.1 Å². The summed E-state index contributed by atoms with van der Waals surface area (Å²) in [6.07, 6.45) is 0. The van der Waals surface area contributed by atoms with Crippen molar-refractivity contribution in [1.82, 2.24) is 19.4 Å². The quantitative estimate of drug-likeness (QED) is 0.342. The molecule has 7 aromatic rings. The Bertz CT molecular complexity index is 1730. The number of aromatic nitrogens is 4. The second-order valence-corrected chi connectivity index (χ2v) is 7.74. The second-order valence-electron chi connectivity index (χ2n) is 7.74. The summed E-state index contributed by atoms with van der Waals surface area (Å²) in [5.74, 6) is 0.652. The van der Waals surface area contributed by atoms with Crippen LogP contribution >= 0.6 is 0 Å². The summed E-state index contributed by atoms with van der Waals surface area (Å²) < 4.78 is 2.22. The van der Waals surface area contributed by atoms with Crippen molar-refractivity contribution in [3.63, 3.8) is 0 Å². The molecule has 0 amide bonds. The second kappa shape index (κ2) is 6.09. The van der Waals surface area contributed by atoms with Crippen LogP contribution in [-0.2, 0) is 0 Å². The lowest BCUT2D eigenvalue weighted by molar-refractivity contribution is 1.21. The van der Waals surface area contributed by atoms with Gasteiger partial charge in [-0.2, -0.15) is 0 Å². The van der Waals surface area contributed by atoms with Gasteiger partial charge in [0.2, 0.25) is 0 Å². The number of nitrogens with zero attached hydrogens (tertiary/aromatic N) is 4. The summed E-state index contributed by atoms with van der Waals surface area (Å²) in [4.78, 5) is 15.0. The van der Waals surface area contributed by atoms with E-state index in [0.29, 0.717) is 5.82 Å². The molecule has 0 saturated carbocycles. The Kier molecular flexibility index (Phi) is 3.24. The van der Waals surface area contributed by atoms with E-state index in [2.05, 4.69) is 59.0 Å². The highest BCUT2D eigenvalue weighted by molar-refractivity contribution is 6.13. The number of fused-ring (bicyclic) bond motifs is 4. The lowest BCUT2D eigenvalue weighted by Gasteiger charge is -2.08. The van der Waals surface area contributed by atoms with Gasteiger partial charge in [0.25, 0.3) is 0 Å². The third-order valence-corrected chi connectivity index (χ3v) is 5.96. The minimum absolute atomic E-state index is 0.652. The highest BCUT2D eigenvalue weighted by Gasteiger charge is 2.21. The van der Waals surface area contributed by atoms with Crippen LogP contribution in [0.2, 0.25) is 0 Å². The molecule has 0 radical (unpaired) electrons. The summed E-state index contributed by atoms with van der Waals surface area (Å²) in [7, 11) is 0. The number of hydrogen-bond donors (Lipinski definition) is 0. The number of benzene rings is 3. The first-order valence-electron chi connectivity index (χ1n) is 10.3. The molecule has 4 nitrogen and oxygen atoms in total. The van der Waals surface area contributed by atoms with Crippen LogP contribution in [0.3, 0.4) is 0 Å². The predicted octanol–water partition coefficient (Wildman–Crippen LogP) is 6.36. The number of hydrogen-bond acceptors (Lipinski definition) is 3. The zero-order chi connectivity index (χ0) is 20.4. The molecule has 31 heavy (non-hydrogen) atoms. The van der Waals surface area contributed by atoms with Gasteiger partial charge in [0, 0.05) is 21.7 Å². The summed E-state index contributed by atoms with van der Waals surface area (Å²) in [5, 5.41) is 3.43. The molecule has 0 spiro atoms. The van der Waals surface area contributed by atoms with E-state index in [9.17, 15) is 0 Å². The fourth-order valence-corrected chi connectivity index (χ4v) is 4.62. The van der Waals surface area contributed by atoms with Crippen molar-refractivity contribution in [1.29, 1.82) is 0 Å². The molecule has 3 aromatic carbocycles. The van der Waals surface area contributed by atoms with E-state index in [0.717, 1.165) is 44.5 Å².